The molecule has 3 heteroatoms. The van der Waals surface area contributed by atoms with Gasteiger partial charge in [0.1, 0.15) is 0 Å². The third-order valence-corrected chi connectivity index (χ3v) is 25.5. The fourth-order valence-electron chi connectivity index (χ4n) is 8.65. The molecule has 0 radical (unpaired) electrons. The summed E-state index contributed by atoms with van der Waals surface area (Å²) in [5.74, 6) is 1.34. The molecule has 1 saturated heterocycles. The van der Waals surface area contributed by atoms with E-state index in [1.165, 1.54) is 60.9 Å². The van der Waals surface area contributed by atoms with Crippen LogP contribution in [0, 0.1) is 11.8 Å². The summed E-state index contributed by atoms with van der Waals surface area (Å²) in [5, 5.41) is 0. The van der Waals surface area contributed by atoms with Crippen LogP contribution in [0.15, 0.2) is 108 Å². The van der Waals surface area contributed by atoms with E-state index in [4.69, 9.17) is 0 Å². The predicted octanol–water partition coefficient (Wildman–Crippen LogP) is 6.09. The van der Waals surface area contributed by atoms with Crippen molar-refractivity contribution < 1.29 is 45.1 Å². The number of fused-ring (bicyclic) bond motifs is 2. The molecule has 0 aromatic heterocycles. The van der Waals surface area contributed by atoms with Crippen molar-refractivity contribution in [1.29, 1.82) is 0 Å². The Balaban J connectivity index is 0.00000192. The van der Waals surface area contributed by atoms with Gasteiger partial charge in [-0.05, 0) is 0 Å². The van der Waals surface area contributed by atoms with Crippen LogP contribution in [0.3, 0.4) is 0 Å². The van der Waals surface area contributed by atoms with Crippen LogP contribution in [-0.4, -0.2) is 0 Å². The van der Waals surface area contributed by atoms with Gasteiger partial charge in [0.2, 0.25) is 0 Å². The molecule has 1 aliphatic heterocycles. The second-order valence-electron chi connectivity index (χ2n) is 13.9. The van der Waals surface area contributed by atoms with Gasteiger partial charge in [0.05, 0.1) is 0 Å². The van der Waals surface area contributed by atoms with Crippen molar-refractivity contribution in [3.05, 3.63) is 130 Å². The van der Waals surface area contributed by atoms with Crippen LogP contribution in [0.2, 0.25) is 8.26 Å². The number of hydrogen-bond acceptors (Lipinski definition) is 0. The van der Waals surface area contributed by atoms with E-state index in [2.05, 4.69) is 137 Å². The van der Waals surface area contributed by atoms with Crippen LogP contribution < -0.4 is 24.8 Å². The van der Waals surface area contributed by atoms with E-state index >= 15 is 0 Å². The molecule has 0 saturated carbocycles. The molecule has 0 amide bonds. The number of hydrogen-bond donors (Lipinski definition) is 0. The Bertz CT molecular complexity index is 1540. The molecular weight excluding hydrogens is 655 g/mol. The van der Waals surface area contributed by atoms with Crippen LogP contribution in [-0.2, 0) is 20.3 Å². The Kier molecular flexibility index (Phi) is 10.3. The summed E-state index contributed by atoms with van der Waals surface area (Å²) in [6, 6.07) is 36.7. The van der Waals surface area contributed by atoms with E-state index < -0.39 is 20.3 Å². The number of halogens is 2. The molecule has 0 spiro atoms. The first-order valence-corrected chi connectivity index (χ1v) is 22.6. The van der Waals surface area contributed by atoms with Crippen molar-refractivity contribution in [3.63, 3.8) is 0 Å². The van der Waals surface area contributed by atoms with Gasteiger partial charge in [-0.2, -0.15) is 0 Å². The average molecular weight is 699 g/mol. The number of allylic oxidation sites excluding steroid dienone is 2. The van der Waals surface area contributed by atoms with E-state index in [0.717, 1.165) is 0 Å². The maximum absolute atomic E-state index is 2.87. The van der Waals surface area contributed by atoms with Gasteiger partial charge in [0.25, 0.3) is 0 Å². The van der Waals surface area contributed by atoms with E-state index in [9.17, 15) is 0 Å². The monoisotopic (exact) mass is 696 g/mol. The normalized spacial score (nSPS) is 18.6. The predicted molar refractivity (Wildman–Crippen MR) is 178 cm³/mol. The molecule has 3 aliphatic rings. The Hall–Kier alpha value is -2.18. The average Bonchev–Trinajstić information content (AvgIpc) is 3.51. The zero-order valence-corrected chi connectivity index (χ0v) is 30.5. The van der Waals surface area contributed by atoms with Crippen LogP contribution in [0.1, 0.15) is 76.5 Å². The number of benzene rings is 4. The van der Waals surface area contributed by atoms with Gasteiger partial charge >= 0.3 is 259 Å². The summed E-state index contributed by atoms with van der Waals surface area (Å²) in [5.41, 5.74) is 15.5. The summed E-state index contributed by atoms with van der Waals surface area (Å²) in [7, 11) is 0. The third-order valence-electron chi connectivity index (χ3n) is 10.2. The minimum absolute atomic E-state index is 0. The van der Waals surface area contributed by atoms with Gasteiger partial charge in [-0.15, -0.1) is 0 Å². The van der Waals surface area contributed by atoms with E-state index in [1.807, 2.05) is 0 Å². The molecule has 4 aromatic rings. The maximum atomic E-state index is 2.67. The van der Waals surface area contributed by atoms with Crippen molar-refractivity contribution in [2.24, 2.45) is 11.8 Å². The van der Waals surface area contributed by atoms with Crippen molar-refractivity contribution in [1.82, 2.24) is 0 Å². The minimum atomic E-state index is -2.87. The van der Waals surface area contributed by atoms with Gasteiger partial charge < -0.3 is 24.8 Å². The molecule has 1 fully saturated rings. The molecule has 2 unspecified atom stereocenters. The first kappa shape index (κ1) is 33.2. The number of rotatable bonds is 8. The van der Waals surface area contributed by atoms with E-state index in [-0.39, 0.29) is 24.8 Å². The SMILES string of the molecule is CC(C)CC1=Cc2c(-c3ccccc3)cccc2[CH]1[Zr+2]1([CH]2C(CC(C)C)=Cc3c(-c4ccccc4)cccc32)[CH2]C[CH2]1.[Cl-].[Cl-]. The van der Waals surface area contributed by atoms with Crippen molar-refractivity contribution >= 4 is 12.2 Å². The molecule has 44 heavy (non-hydrogen) atoms. The zero-order valence-electron chi connectivity index (χ0n) is 26.5. The van der Waals surface area contributed by atoms with Gasteiger partial charge in [-0.1, -0.05) is 0 Å². The van der Waals surface area contributed by atoms with E-state index in [0.29, 0.717) is 19.1 Å². The van der Waals surface area contributed by atoms with Gasteiger partial charge in [0, 0.05) is 0 Å². The molecular formula is C41H44Cl2Zr. The molecule has 0 N–H and O–H groups in total. The Morgan fingerprint density at radius 2 is 0.955 bits per heavy atom. The molecule has 7 rings (SSSR count). The summed E-state index contributed by atoms with van der Waals surface area (Å²) in [6.45, 7) is 9.68. The topological polar surface area (TPSA) is 0 Å². The Labute approximate surface area is 282 Å². The molecule has 1 heterocycles. The van der Waals surface area contributed by atoms with Crippen LogP contribution in [0.5, 0.6) is 0 Å². The van der Waals surface area contributed by atoms with Gasteiger partial charge in [-0.3, -0.25) is 0 Å². The molecule has 226 valence electrons. The van der Waals surface area contributed by atoms with Crippen LogP contribution in [0.4, 0.5) is 0 Å². The molecule has 2 atom stereocenters. The maximum Gasteiger partial charge on any atom is -1.00 e. The minimum Gasteiger partial charge on any atom is -1.00 e. The zero-order chi connectivity index (χ0) is 28.8. The summed E-state index contributed by atoms with van der Waals surface area (Å²) in [6.07, 6.45) is 9.20. The molecule has 2 aliphatic carbocycles. The third kappa shape index (κ3) is 5.79. The van der Waals surface area contributed by atoms with Gasteiger partial charge in [-0.25, -0.2) is 0 Å². The first-order valence-electron chi connectivity index (χ1n) is 16.2. The van der Waals surface area contributed by atoms with Crippen molar-refractivity contribution in [2.45, 2.75) is 62.5 Å². The summed E-state index contributed by atoms with van der Waals surface area (Å²) < 4.78 is 4.39. The van der Waals surface area contributed by atoms with Gasteiger partial charge in [0.15, 0.2) is 0 Å². The fraction of sp³-hybridized carbons (Fsp3) is 0.317. The second kappa shape index (κ2) is 13.7. The largest absolute Gasteiger partial charge is 1.00 e. The standard InChI is InChI=1S/2C19H19.C3H6.2ClH.Zr/c2*1-14(2)11-15-12-17-9-6-10-18(19(17)13-15)16-7-4-3-5-8-16;1-3-2;;;/h2*3-10,12-14H,11H2,1-2H3;1-3H2;2*1H;/q;;;;;+2/p-2. The van der Waals surface area contributed by atoms with E-state index in [1.54, 1.807) is 22.3 Å². The van der Waals surface area contributed by atoms with Crippen LogP contribution >= 0.6 is 0 Å². The fourth-order valence-corrected chi connectivity index (χ4v) is 24.1. The molecule has 0 bridgehead atoms. The quantitative estimate of drug-likeness (QED) is 0.209. The molecule has 4 aromatic carbocycles. The smallest absolute Gasteiger partial charge is 1.00 e. The van der Waals surface area contributed by atoms with Crippen molar-refractivity contribution in [2.75, 3.05) is 0 Å². The first-order chi connectivity index (χ1) is 20.5. The second-order valence-corrected chi connectivity index (χ2v) is 25.3. The summed E-state index contributed by atoms with van der Waals surface area (Å²) >= 11 is -2.87. The summed E-state index contributed by atoms with van der Waals surface area (Å²) in [4.78, 5) is 0. The van der Waals surface area contributed by atoms with Crippen LogP contribution in [0.25, 0.3) is 34.4 Å². The Morgan fingerprint density at radius 1 is 0.545 bits per heavy atom. The molecule has 0 nitrogen and oxygen atoms in total. The Morgan fingerprint density at radius 3 is 1.30 bits per heavy atom. The van der Waals surface area contributed by atoms with Crippen molar-refractivity contribution in [3.8, 4) is 22.3 Å².